The highest BCUT2D eigenvalue weighted by atomic mass is 16.5. The van der Waals surface area contributed by atoms with Crippen molar-refractivity contribution in [1.82, 2.24) is 5.32 Å². The molecule has 2 atom stereocenters. The Morgan fingerprint density at radius 3 is 2.55 bits per heavy atom. The van der Waals surface area contributed by atoms with E-state index in [-0.39, 0.29) is 17.9 Å². The van der Waals surface area contributed by atoms with Crippen molar-refractivity contribution in [2.24, 2.45) is 11.7 Å². The second kappa shape index (κ2) is 7.75. The Bertz CT molecular complexity index is 447. The Labute approximate surface area is 120 Å². The Hall–Kier alpha value is -1.75. The maximum absolute atomic E-state index is 11.8. The van der Waals surface area contributed by atoms with Crippen molar-refractivity contribution in [3.8, 4) is 11.5 Å². The molecule has 0 aromatic heterocycles. The maximum atomic E-state index is 11.8. The van der Waals surface area contributed by atoms with E-state index in [0.717, 1.165) is 17.1 Å². The molecule has 0 heterocycles. The Balaban J connectivity index is 2.59. The molecule has 0 radical (unpaired) electrons. The molecule has 1 aromatic rings. The minimum atomic E-state index is -0.192. The van der Waals surface area contributed by atoms with Crippen LogP contribution in [0, 0.1) is 5.92 Å². The SMILES string of the molecule is COc1ccc(OC)c(CCNC(=O)C(C)C(C)N)c1. The molecule has 0 saturated heterocycles. The van der Waals surface area contributed by atoms with E-state index in [4.69, 9.17) is 15.2 Å². The van der Waals surface area contributed by atoms with E-state index in [1.165, 1.54) is 0 Å². The lowest BCUT2D eigenvalue weighted by Crippen LogP contribution is -2.39. The van der Waals surface area contributed by atoms with Gasteiger partial charge in [-0.1, -0.05) is 6.92 Å². The first-order valence-electron chi connectivity index (χ1n) is 6.73. The lowest BCUT2D eigenvalue weighted by molar-refractivity contribution is -0.124. The second-order valence-corrected chi connectivity index (χ2v) is 4.87. The average Bonchev–Trinajstić information content (AvgIpc) is 2.45. The van der Waals surface area contributed by atoms with Gasteiger partial charge < -0.3 is 20.5 Å². The van der Waals surface area contributed by atoms with Crippen LogP contribution in [0.4, 0.5) is 0 Å². The Morgan fingerprint density at radius 2 is 2.00 bits per heavy atom. The summed E-state index contributed by atoms with van der Waals surface area (Å²) in [6, 6.07) is 5.47. The van der Waals surface area contributed by atoms with Gasteiger partial charge in [0.15, 0.2) is 0 Å². The van der Waals surface area contributed by atoms with Crippen molar-refractivity contribution in [2.75, 3.05) is 20.8 Å². The topological polar surface area (TPSA) is 73.6 Å². The van der Waals surface area contributed by atoms with Crippen LogP contribution < -0.4 is 20.5 Å². The van der Waals surface area contributed by atoms with Crippen molar-refractivity contribution >= 4 is 5.91 Å². The molecular weight excluding hydrogens is 256 g/mol. The van der Waals surface area contributed by atoms with Gasteiger partial charge >= 0.3 is 0 Å². The van der Waals surface area contributed by atoms with Gasteiger partial charge in [0.25, 0.3) is 0 Å². The van der Waals surface area contributed by atoms with Gasteiger partial charge in [0.2, 0.25) is 5.91 Å². The summed E-state index contributed by atoms with van der Waals surface area (Å²) in [5.74, 6) is 1.35. The summed E-state index contributed by atoms with van der Waals surface area (Å²) in [4.78, 5) is 11.8. The third-order valence-electron chi connectivity index (χ3n) is 3.38. The zero-order valence-corrected chi connectivity index (χ0v) is 12.6. The number of rotatable bonds is 7. The molecule has 0 saturated carbocycles. The molecule has 2 unspecified atom stereocenters. The summed E-state index contributed by atoms with van der Waals surface area (Å²) in [7, 11) is 3.25. The quantitative estimate of drug-likeness (QED) is 0.790. The van der Waals surface area contributed by atoms with Gasteiger partial charge in [-0.05, 0) is 37.1 Å². The lowest BCUT2D eigenvalue weighted by Gasteiger charge is -2.16. The van der Waals surface area contributed by atoms with Crippen molar-refractivity contribution in [3.05, 3.63) is 23.8 Å². The van der Waals surface area contributed by atoms with Crippen molar-refractivity contribution in [3.63, 3.8) is 0 Å². The lowest BCUT2D eigenvalue weighted by atomic mass is 10.0. The van der Waals surface area contributed by atoms with E-state index in [9.17, 15) is 4.79 Å². The summed E-state index contributed by atoms with van der Waals surface area (Å²) in [6.45, 7) is 4.20. The summed E-state index contributed by atoms with van der Waals surface area (Å²) >= 11 is 0. The number of carbonyl (C=O) groups is 1. The predicted octanol–water partition coefficient (Wildman–Crippen LogP) is 1.35. The predicted molar refractivity (Wildman–Crippen MR) is 79.1 cm³/mol. The fourth-order valence-electron chi connectivity index (χ4n) is 1.80. The summed E-state index contributed by atoms with van der Waals surface area (Å²) < 4.78 is 10.5. The van der Waals surface area contributed by atoms with E-state index in [1.807, 2.05) is 32.0 Å². The molecule has 5 heteroatoms. The molecule has 112 valence electrons. The Morgan fingerprint density at radius 1 is 1.30 bits per heavy atom. The van der Waals surface area contributed by atoms with Crippen molar-refractivity contribution in [1.29, 1.82) is 0 Å². The average molecular weight is 280 g/mol. The van der Waals surface area contributed by atoms with Crippen LogP contribution in [0.2, 0.25) is 0 Å². The minimum Gasteiger partial charge on any atom is -0.497 e. The maximum Gasteiger partial charge on any atom is 0.224 e. The van der Waals surface area contributed by atoms with Crippen LogP contribution in [-0.2, 0) is 11.2 Å². The van der Waals surface area contributed by atoms with Crippen LogP contribution in [0.1, 0.15) is 19.4 Å². The molecule has 0 aliphatic heterocycles. The largest absolute Gasteiger partial charge is 0.497 e. The van der Waals surface area contributed by atoms with Gasteiger partial charge in [0.1, 0.15) is 11.5 Å². The van der Waals surface area contributed by atoms with Crippen molar-refractivity contribution < 1.29 is 14.3 Å². The fraction of sp³-hybridized carbons (Fsp3) is 0.533. The van der Waals surface area contributed by atoms with Gasteiger partial charge in [-0.25, -0.2) is 0 Å². The van der Waals surface area contributed by atoms with Gasteiger partial charge in [-0.15, -0.1) is 0 Å². The zero-order valence-electron chi connectivity index (χ0n) is 12.6. The molecule has 1 rings (SSSR count). The Kier molecular flexibility index (Phi) is 6.31. The molecule has 0 aliphatic carbocycles. The van der Waals surface area contributed by atoms with Crippen LogP contribution in [0.25, 0.3) is 0 Å². The number of hydrogen-bond acceptors (Lipinski definition) is 4. The third-order valence-corrected chi connectivity index (χ3v) is 3.38. The molecule has 5 nitrogen and oxygen atoms in total. The molecular formula is C15H24N2O3. The molecule has 20 heavy (non-hydrogen) atoms. The van der Waals surface area contributed by atoms with E-state index in [1.54, 1.807) is 14.2 Å². The highest BCUT2D eigenvalue weighted by Crippen LogP contribution is 2.24. The number of nitrogens with one attached hydrogen (secondary N) is 1. The molecule has 0 fully saturated rings. The van der Waals surface area contributed by atoms with Crippen molar-refractivity contribution in [2.45, 2.75) is 26.3 Å². The number of nitrogens with two attached hydrogens (primary N) is 1. The number of carbonyl (C=O) groups excluding carboxylic acids is 1. The summed E-state index contributed by atoms with van der Waals surface area (Å²) in [5.41, 5.74) is 6.71. The second-order valence-electron chi connectivity index (χ2n) is 4.87. The molecule has 1 aromatic carbocycles. The van der Waals surface area contributed by atoms with Gasteiger partial charge in [-0.3, -0.25) is 4.79 Å². The van der Waals surface area contributed by atoms with E-state index < -0.39 is 0 Å². The molecule has 1 amide bonds. The van der Waals surface area contributed by atoms with Crippen LogP contribution in [0.15, 0.2) is 18.2 Å². The highest BCUT2D eigenvalue weighted by Gasteiger charge is 2.16. The number of ether oxygens (including phenoxy) is 2. The molecule has 0 bridgehead atoms. The van der Waals surface area contributed by atoms with E-state index in [2.05, 4.69) is 5.32 Å². The van der Waals surface area contributed by atoms with Gasteiger partial charge in [0.05, 0.1) is 14.2 Å². The van der Waals surface area contributed by atoms with Crippen LogP contribution in [0.5, 0.6) is 11.5 Å². The normalized spacial score (nSPS) is 13.4. The summed E-state index contributed by atoms with van der Waals surface area (Å²) in [6.07, 6.45) is 0.678. The fourth-order valence-corrected chi connectivity index (χ4v) is 1.80. The number of hydrogen-bond donors (Lipinski definition) is 2. The number of benzene rings is 1. The standard InChI is InChI=1S/C15H24N2O3/c1-10(11(2)16)15(18)17-8-7-12-9-13(19-3)5-6-14(12)20-4/h5-6,9-11H,7-8,16H2,1-4H3,(H,17,18). The van der Waals surface area contributed by atoms with Crippen LogP contribution >= 0.6 is 0 Å². The minimum absolute atomic E-state index is 0.0261. The highest BCUT2D eigenvalue weighted by molar-refractivity contribution is 5.78. The molecule has 0 aliphatic rings. The monoisotopic (exact) mass is 280 g/mol. The first-order valence-corrected chi connectivity index (χ1v) is 6.73. The van der Waals surface area contributed by atoms with E-state index in [0.29, 0.717) is 13.0 Å². The van der Waals surface area contributed by atoms with E-state index >= 15 is 0 Å². The van der Waals surface area contributed by atoms with Crippen LogP contribution in [0.3, 0.4) is 0 Å². The molecule has 0 spiro atoms. The van der Waals surface area contributed by atoms with Gasteiger partial charge in [-0.2, -0.15) is 0 Å². The smallest absolute Gasteiger partial charge is 0.224 e. The molecule has 3 N–H and O–H groups in total. The number of amides is 1. The first kappa shape index (κ1) is 16.3. The zero-order chi connectivity index (χ0) is 15.1. The summed E-state index contributed by atoms with van der Waals surface area (Å²) in [5, 5.41) is 2.89. The third kappa shape index (κ3) is 4.42. The van der Waals surface area contributed by atoms with Crippen LogP contribution in [-0.4, -0.2) is 32.7 Å². The van der Waals surface area contributed by atoms with Gasteiger partial charge in [0, 0.05) is 18.5 Å². The number of methoxy groups -OCH3 is 2. The first-order chi connectivity index (χ1) is 9.49.